The maximum Gasteiger partial charge on any atom is 0.333 e. The lowest BCUT2D eigenvalue weighted by molar-refractivity contribution is -0.132. The van der Waals surface area contributed by atoms with E-state index >= 15 is 0 Å². The van der Waals surface area contributed by atoms with Gasteiger partial charge in [-0.2, -0.15) is 0 Å². The van der Waals surface area contributed by atoms with E-state index in [1.165, 1.54) is 6.92 Å². The van der Waals surface area contributed by atoms with Gasteiger partial charge in [-0.15, -0.1) is 0 Å². The Morgan fingerprint density at radius 1 is 1.50 bits per heavy atom. The van der Waals surface area contributed by atoms with Gasteiger partial charge < -0.3 is 10.8 Å². The zero-order valence-electron chi connectivity index (χ0n) is 4.93. The standard InChI is InChI=1S/C5H9NO2/c1-3(4(2)6)5(7)8/h6H2,1-2H3,(H,7,8)/b4-3+. The topological polar surface area (TPSA) is 63.3 Å². The summed E-state index contributed by atoms with van der Waals surface area (Å²) < 4.78 is 0. The molecule has 0 heterocycles. The Balaban J connectivity index is 4.23. The molecule has 0 radical (unpaired) electrons. The smallest absolute Gasteiger partial charge is 0.333 e. The summed E-state index contributed by atoms with van der Waals surface area (Å²) in [5.41, 5.74) is 5.71. The minimum absolute atomic E-state index is 0.213. The molecule has 0 atom stereocenters. The van der Waals surface area contributed by atoms with Gasteiger partial charge in [0.2, 0.25) is 0 Å². The Labute approximate surface area is 47.8 Å². The van der Waals surface area contributed by atoms with Gasteiger partial charge in [-0.3, -0.25) is 0 Å². The van der Waals surface area contributed by atoms with Crippen molar-refractivity contribution in [2.45, 2.75) is 13.8 Å². The van der Waals surface area contributed by atoms with E-state index in [0.29, 0.717) is 5.70 Å². The number of carbonyl (C=O) groups is 1. The molecule has 3 nitrogen and oxygen atoms in total. The first kappa shape index (κ1) is 7.01. The fraction of sp³-hybridized carbons (Fsp3) is 0.400. The third kappa shape index (κ3) is 1.64. The Hall–Kier alpha value is -0.990. The van der Waals surface area contributed by atoms with Gasteiger partial charge in [0.1, 0.15) is 0 Å². The normalized spacial score (nSPS) is 12.8. The minimum Gasteiger partial charge on any atom is -0.478 e. The highest BCUT2D eigenvalue weighted by atomic mass is 16.4. The fourth-order valence-electron chi connectivity index (χ4n) is 0.169. The van der Waals surface area contributed by atoms with Crippen molar-refractivity contribution in [2.75, 3.05) is 0 Å². The van der Waals surface area contributed by atoms with Gasteiger partial charge in [-0.1, -0.05) is 0 Å². The van der Waals surface area contributed by atoms with Crippen LogP contribution < -0.4 is 5.73 Å². The van der Waals surface area contributed by atoms with Crippen molar-refractivity contribution < 1.29 is 9.90 Å². The molecule has 0 saturated heterocycles. The highest BCUT2D eigenvalue weighted by molar-refractivity contribution is 5.86. The summed E-state index contributed by atoms with van der Waals surface area (Å²) in [6.07, 6.45) is 0. The van der Waals surface area contributed by atoms with Gasteiger partial charge >= 0.3 is 5.97 Å². The number of aliphatic carboxylic acids is 1. The van der Waals surface area contributed by atoms with Gasteiger partial charge in [-0.05, 0) is 13.8 Å². The first-order valence-corrected chi connectivity index (χ1v) is 2.22. The van der Waals surface area contributed by atoms with E-state index in [9.17, 15) is 4.79 Å². The van der Waals surface area contributed by atoms with Crippen molar-refractivity contribution in [2.24, 2.45) is 5.73 Å². The van der Waals surface area contributed by atoms with Crippen LogP contribution in [-0.4, -0.2) is 11.1 Å². The molecule has 0 aliphatic heterocycles. The number of carboxylic acid groups (broad SMARTS) is 1. The molecule has 0 saturated carbocycles. The molecule has 0 rings (SSSR count). The van der Waals surface area contributed by atoms with Crippen LogP contribution in [0.5, 0.6) is 0 Å². The fourth-order valence-corrected chi connectivity index (χ4v) is 0.169. The molecule has 0 unspecified atom stereocenters. The molecule has 0 aliphatic rings. The van der Waals surface area contributed by atoms with E-state index in [0.717, 1.165) is 0 Å². The molecule has 0 aliphatic carbocycles. The molecule has 46 valence electrons. The molecule has 0 fully saturated rings. The molecule has 0 amide bonds. The van der Waals surface area contributed by atoms with Crippen LogP contribution in [-0.2, 0) is 4.79 Å². The summed E-state index contributed by atoms with van der Waals surface area (Å²) in [7, 11) is 0. The number of carboxylic acids is 1. The highest BCUT2D eigenvalue weighted by Gasteiger charge is 1.99. The summed E-state index contributed by atoms with van der Waals surface area (Å²) in [5, 5.41) is 8.21. The second kappa shape index (κ2) is 2.35. The number of hydrogen-bond acceptors (Lipinski definition) is 2. The van der Waals surface area contributed by atoms with Crippen molar-refractivity contribution in [1.29, 1.82) is 0 Å². The largest absolute Gasteiger partial charge is 0.478 e. The van der Waals surface area contributed by atoms with Gasteiger partial charge in [0.15, 0.2) is 0 Å². The van der Waals surface area contributed by atoms with Crippen molar-refractivity contribution in [1.82, 2.24) is 0 Å². The van der Waals surface area contributed by atoms with Gasteiger partial charge in [0.05, 0.1) is 5.57 Å². The van der Waals surface area contributed by atoms with E-state index in [-0.39, 0.29) is 5.57 Å². The van der Waals surface area contributed by atoms with Crippen LogP contribution >= 0.6 is 0 Å². The summed E-state index contributed by atoms with van der Waals surface area (Å²) in [6, 6.07) is 0. The predicted octanol–water partition coefficient (Wildman–Crippen LogP) is 0.324. The van der Waals surface area contributed by atoms with E-state index in [2.05, 4.69) is 0 Å². The van der Waals surface area contributed by atoms with Crippen LogP contribution in [0.15, 0.2) is 11.3 Å². The Morgan fingerprint density at radius 3 is 1.88 bits per heavy atom. The van der Waals surface area contributed by atoms with Crippen molar-refractivity contribution >= 4 is 5.97 Å². The second-order valence-electron chi connectivity index (χ2n) is 1.61. The Morgan fingerprint density at radius 2 is 1.88 bits per heavy atom. The van der Waals surface area contributed by atoms with Gasteiger partial charge in [0.25, 0.3) is 0 Å². The maximum absolute atomic E-state index is 10.0. The lowest BCUT2D eigenvalue weighted by Gasteiger charge is -1.92. The van der Waals surface area contributed by atoms with Gasteiger partial charge in [0, 0.05) is 5.70 Å². The first-order valence-electron chi connectivity index (χ1n) is 2.22. The zero-order valence-corrected chi connectivity index (χ0v) is 4.93. The first-order chi connectivity index (χ1) is 3.55. The average Bonchev–Trinajstić information content (AvgIpc) is 1.64. The van der Waals surface area contributed by atoms with Crippen LogP contribution in [0.1, 0.15) is 13.8 Å². The maximum atomic E-state index is 10.0. The summed E-state index contributed by atoms with van der Waals surface area (Å²) >= 11 is 0. The van der Waals surface area contributed by atoms with Crippen LogP contribution in [0, 0.1) is 0 Å². The lowest BCUT2D eigenvalue weighted by Crippen LogP contribution is -2.04. The third-order valence-electron chi connectivity index (χ3n) is 0.912. The molecule has 3 heteroatoms. The summed E-state index contributed by atoms with van der Waals surface area (Å²) in [5.74, 6) is -0.954. The van der Waals surface area contributed by atoms with E-state index in [1.807, 2.05) is 0 Å². The molecule has 0 bridgehead atoms. The molecule has 8 heavy (non-hydrogen) atoms. The Bertz CT molecular complexity index is 133. The third-order valence-corrected chi connectivity index (χ3v) is 0.912. The molecule has 0 aromatic carbocycles. The number of hydrogen-bond donors (Lipinski definition) is 2. The Kier molecular flexibility index (Phi) is 2.06. The van der Waals surface area contributed by atoms with E-state index in [1.54, 1.807) is 6.92 Å². The van der Waals surface area contributed by atoms with Crippen LogP contribution in [0.2, 0.25) is 0 Å². The predicted molar refractivity (Wildman–Crippen MR) is 30.2 cm³/mol. The molecular weight excluding hydrogens is 106 g/mol. The van der Waals surface area contributed by atoms with Gasteiger partial charge in [-0.25, -0.2) is 4.79 Å². The monoisotopic (exact) mass is 115 g/mol. The summed E-state index contributed by atoms with van der Waals surface area (Å²) in [6.45, 7) is 3.03. The quantitative estimate of drug-likeness (QED) is 0.484. The number of nitrogens with two attached hydrogens (primary N) is 1. The second-order valence-corrected chi connectivity index (χ2v) is 1.61. The van der Waals surface area contributed by atoms with Crippen molar-refractivity contribution in [3.05, 3.63) is 11.3 Å². The SMILES string of the molecule is C/C(N)=C(/C)C(=O)O. The lowest BCUT2D eigenvalue weighted by atomic mass is 10.2. The number of allylic oxidation sites excluding steroid dienone is 1. The molecular formula is C5H9NO2. The average molecular weight is 115 g/mol. The van der Waals surface area contributed by atoms with Crippen LogP contribution in [0.3, 0.4) is 0 Å². The van der Waals surface area contributed by atoms with E-state index < -0.39 is 5.97 Å². The van der Waals surface area contributed by atoms with Crippen LogP contribution in [0.4, 0.5) is 0 Å². The molecule has 3 N–H and O–H groups in total. The highest BCUT2D eigenvalue weighted by Crippen LogP contribution is 1.94. The van der Waals surface area contributed by atoms with Crippen molar-refractivity contribution in [3.63, 3.8) is 0 Å². The summed E-state index contributed by atoms with van der Waals surface area (Å²) in [4.78, 5) is 10.0. The molecule has 0 aromatic rings. The zero-order chi connectivity index (χ0) is 6.73. The van der Waals surface area contributed by atoms with Crippen LogP contribution in [0.25, 0.3) is 0 Å². The molecule has 0 spiro atoms. The minimum atomic E-state index is -0.954. The van der Waals surface area contributed by atoms with Crippen molar-refractivity contribution in [3.8, 4) is 0 Å². The number of rotatable bonds is 1. The molecule has 0 aromatic heterocycles. The van der Waals surface area contributed by atoms with E-state index in [4.69, 9.17) is 10.8 Å².